The van der Waals surface area contributed by atoms with E-state index in [9.17, 15) is 0 Å². The van der Waals surface area contributed by atoms with Crippen LogP contribution in [0, 0.1) is 0 Å². The molecule has 2 heteroatoms. The molecule has 0 saturated heterocycles. The first-order valence-corrected chi connectivity index (χ1v) is 6.02. The first-order chi connectivity index (χ1) is 6.41. The topological polar surface area (TPSA) is 20.2 Å². The molecule has 0 amide bonds. The van der Waals surface area contributed by atoms with Gasteiger partial charge in [-0.2, -0.15) is 0 Å². The molecule has 1 N–H and O–H groups in total. The summed E-state index contributed by atoms with van der Waals surface area (Å²) in [5.74, 6) is 0. The molecule has 0 bridgehead atoms. The zero-order chi connectivity index (χ0) is 9.78. The van der Waals surface area contributed by atoms with E-state index in [1.807, 2.05) is 0 Å². The Morgan fingerprint density at radius 2 is 1.00 bits per heavy atom. The van der Waals surface area contributed by atoms with Crippen molar-refractivity contribution in [3.05, 3.63) is 0 Å². The molecule has 0 aliphatic rings. The molecule has 0 saturated carbocycles. The van der Waals surface area contributed by atoms with Crippen LogP contribution in [0.3, 0.4) is 0 Å². The van der Waals surface area contributed by atoms with Gasteiger partial charge in [-0.3, -0.25) is 0 Å². The van der Waals surface area contributed by atoms with E-state index < -0.39 is 0 Å². The van der Waals surface area contributed by atoms with Crippen LogP contribution in [-0.2, 0) is 0 Å². The molecule has 0 unspecified atom stereocenters. The lowest BCUT2D eigenvalue weighted by atomic mass is 10.1. The van der Waals surface area contributed by atoms with E-state index in [1.54, 1.807) is 0 Å². The summed E-state index contributed by atoms with van der Waals surface area (Å²) in [6.07, 6.45) is 13.3. The summed E-state index contributed by atoms with van der Waals surface area (Å²) in [7, 11) is 0. The molecular formula is C12H28MgO. The lowest BCUT2D eigenvalue weighted by molar-refractivity contribution is 0.282. The van der Waals surface area contributed by atoms with Crippen molar-refractivity contribution in [1.29, 1.82) is 0 Å². The molecule has 0 heterocycles. The molecule has 0 aliphatic heterocycles. The molecule has 0 atom stereocenters. The lowest BCUT2D eigenvalue weighted by Crippen LogP contribution is -1.84. The SMILES string of the molecule is CCCCCCCCCCCCO.[MgH2]. The van der Waals surface area contributed by atoms with Crippen LogP contribution in [0.1, 0.15) is 71.1 Å². The fraction of sp³-hybridized carbons (Fsp3) is 1.00. The van der Waals surface area contributed by atoms with E-state index in [0.29, 0.717) is 6.61 Å². The van der Waals surface area contributed by atoms with Gasteiger partial charge in [-0.05, 0) is 6.42 Å². The zero-order valence-electron chi connectivity index (χ0n) is 9.23. The average Bonchev–Trinajstić information content (AvgIpc) is 2.16. The van der Waals surface area contributed by atoms with Crippen LogP contribution in [-0.4, -0.2) is 34.8 Å². The standard InChI is InChI=1S/C12H26O.Mg.2H/c1-2-3-4-5-6-7-8-9-10-11-12-13;;;/h13H,2-12H2,1H3;;;. The van der Waals surface area contributed by atoms with E-state index in [2.05, 4.69) is 6.92 Å². The molecule has 1 nitrogen and oxygen atoms in total. The summed E-state index contributed by atoms with van der Waals surface area (Å²) < 4.78 is 0. The van der Waals surface area contributed by atoms with Gasteiger partial charge in [-0.25, -0.2) is 0 Å². The van der Waals surface area contributed by atoms with Crippen LogP contribution in [0.2, 0.25) is 0 Å². The van der Waals surface area contributed by atoms with Gasteiger partial charge >= 0.3 is 23.1 Å². The molecule has 0 aromatic carbocycles. The number of hydrogen-bond acceptors (Lipinski definition) is 1. The van der Waals surface area contributed by atoms with Crippen LogP contribution in [0.25, 0.3) is 0 Å². The normalized spacial score (nSPS) is 9.86. The van der Waals surface area contributed by atoms with Crippen molar-refractivity contribution in [2.75, 3.05) is 6.61 Å². The molecule has 0 rings (SSSR count). The van der Waals surface area contributed by atoms with Crippen LogP contribution in [0.15, 0.2) is 0 Å². The predicted octanol–water partition coefficient (Wildman–Crippen LogP) is 2.98. The highest BCUT2D eigenvalue weighted by atomic mass is 24.3. The van der Waals surface area contributed by atoms with Crippen molar-refractivity contribution in [3.8, 4) is 0 Å². The summed E-state index contributed by atoms with van der Waals surface area (Å²) in [6.45, 7) is 2.63. The zero-order valence-corrected chi connectivity index (χ0v) is 9.23. The molecular weight excluding hydrogens is 184 g/mol. The van der Waals surface area contributed by atoms with Gasteiger partial charge in [0.15, 0.2) is 0 Å². The monoisotopic (exact) mass is 212 g/mol. The minimum absolute atomic E-state index is 0. The van der Waals surface area contributed by atoms with E-state index in [-0.39, 0.29) is 23.1 Å². The van der Waals surface area contributed by atoms with Crippen LogP contribution < -0.4 is 0 Å². The Hall–Kier alpha value is 0.726. The van der Waals surface area contributed by atoms with Crippen LogP contribution >= 0.6 is 0 Å². The van der Waals surface area contributed by atoms with Crippen molar-refractivity contribution >= 4 is 23.1 Å². The molecule has 0 radical (unpaired) electrons. The number of rotatable bonds is 10. The summed E-state index contributed by atoms with van der Waals surface area (Å²) in [4.78, 5) is 0. The summed E-state index contributed by atoms with van der Waals surface area (Å²) in [6, 6.07) is 0. The van der Waals surface area contributed by atoms with Crippen molar-refractivity contribution in [1.82, 2.24) is 0 Å². The second-order valence-electron chi connectivity index (χ2n) is 3.91. The summed E-state index contributed by atoms with van der Waals surface area (Å²) in [5.41, 5.74) is 0. The average molecular weight is 213 g/mol. The van der Waals surface area contributed by atoms with Crippen molar-refractivity contribution in [2.24, 2.45) is 0 Å². The van der Waals surface area contributed by atoms with Gasteiger partial charge in [0.05, 0.1) is 0 Å². The van der Waals surface area contributed by atoms with E-state index >= 15 is 0 Å². The second kappa shape index (κ2) is 16.2. The van der Waals surface area contributed by atoms with Gasteiger partial charge in [0.25, 0.3) is 0 Å². The summed E-state index contributed by atoms with van der Waals surface area (Å²) >= 11 is 0. The van der Waals surface area contributed by atoms with Crippen LogP contribution in [0.5, 0.6) is 0 Å². The third-order valence-corrected chi connectivity index (χ3v) is 2.51. The smallest absolute Gasteiger partial charge is 0.316 e. The molecule has 0 spiro atoms. The maximum atomic E-state index is 8.57. The molecule has 14 heavy (non-hydrogen) atoms. The Morgan fingerprint density at radius 3 is 1.36 bits per heavy atom. The fourth-order valence-corrected chi connectivity index (χ4v) is 1.60. The third-order valence-electron chi connectivity index (χ3n) is 2.51. The maximum Gasteiger partial charge on any atom is 0.316 e. The molecule has 84 valence electrons. The van der Waals surface area contributed by atoms with Crippen molar-refractivity contribution < 1.29 is 5.11 Å². The molecule has 0 aromatic heterocycles. The van der Waals surface area contributed by atoms with E-state index in [0.717, 1.165) is 6.42 Å². The Kier molecular flexibility index (Phi) is 19.8. The highest BCUT2D eigenvalue weighted by molar-refractivity contribution is 5.75. The Labute approximate surface area is 106 Å². The van der Waals surface area contributed by atoms with Gasteiger partial charge in [-0.1, -0.05) is 64.7 Å². The second-order valence-corrected chi connectivity index (χ2v) is 3.91. The van der Waals surface area contributed by atoms with Crippen LogP contribution in [0.4, 0.5) is 0 Å². The van der Waals surface area contributed by atoms with Gasteiger partial charge in [-0.15, -0.1) is 0 Å². The first-order valence-electron chi connectivity index (χ1n) is 6.02. The van der Waals surface area contributed by atoms with Crippen molar-refractivity contribution in [3.63, 3.8) is 0 Å². The minimum Gasteiger partial charge on any atom is -0.396 e. The Morgan fingerprint density at radius 1 is 0.643 bits per heavy atom. The number of unbranched alkanes of at least 4 members (excludes halogenated alkanes) is 9. The Bertz CT molecular complexity index is 76.4. The largest absolute Gasteiger partial charge is 0.396 e. The molecule has 0 aliphatic carbocycles. The molecule has 0 fully saturated rings. The Balaban J connectivity index is 0. The van der Waals surface area contributed by atoms with E-state index in [1.165, 1.54) is 57.8 Å². The highest BCUT2D eigenvalue weighted by Crippen LogP contribution is 2.09. The van der Waals surface area contributed by atoms with E-state index in [4.69, 9.17) is 5.11 Å². The molecule has 0 aromatic rings. The summed E-state index contributed by atoms with van der Waals surface area (Å²) in [5, 5.41) is 8.57. The minimum atomic E-state index is 0. The van der Waals surface area contributed by atoms with Gasteiger partial charge < -0.3 is 5.11 Å². The number of aliphatic hydroxyl groups excluding tert-OH is 1. The third kappa shape index (κ3) is 15.2. The number of aliphatic hydroxyl groups is 1. The van der Waals surface area contributed by atoms with Gasteiger partial charge in [0.1, 0.15) is 0 Å². The maximum absolute atomic E-state index is 8.57. The first kappa shape index (κ1) is 17.1. The highest BCUT2D eigenvalue weighted by Gasteiger charge is 1.91. The van der Waals surface area contributed by atoms with Crippen molar-refractivity contribution in [2.45, 2.75) is 71.1 Å². The predicted molar refractivity (Wildman–Crippen MR) is 67.5 cm³/mol. The van der Waals surface area contributed by atoms with Gasteiger partial charge in [0, 0.05) is 6.61 Å². The number of hydrogen-bond donors (Lipinski definition) is 1. The quantitative estimate of drug-likeness (QED) is 0.436. The lowest BCUT2D eigenvalue weighted by Gasteiger charge is -2.00. The fourth-order valence-electron chi connectivity index (χ4n) is 1.60. The van der Waals surface area contributed by atoms with Gasteiger partial charge in [0.2, 0.25) is 0 Å².